The average molecular weight is 511 g/mol. The maximum absolute atomic E-state index is 10.3. The van der Waals surface area contributed by atoms with Gasteiger partial charge >= 0.3 is 0 Å². The zero-order valence-corrected chi connectivity index (χ0v) is 20.9. The van der Waals surface area contributed by atoms with Crippen molar-refractivity contribution in [3.63, 3.8) is 0 Å². The van der Waals surface area contributed by atoms with Crippen molar-refractivity contribution in [1.82, 2.24) is 29.5 Å². The molecule has 0 amide bonds. The minimum atomic E-state index is -0.765. The van der Waals surface area contributed by atoms with Gasteiger partial charge in [0.1, 0.15) is 16.4 Å². The number of aromatic nitrogens is 6. The standard InChI is InChI=1S/C13H14ClN3O.C13H14ClN3/c14-13-11(2-1-5-15-13)12(18)10-6-16-17(8-10)7-9-3-4-9;14-13-12(2-1-5-15-13)6-11-7-16-17(9-11)8-10-3-4-10/h1-2,5-6,8-9,12,18H,3-4,7H2;1-2,5,7,9-10H,3-4,6,8H2. The molecule has 4 aromatic heterocycles. The molecule has 0 bridgehead atoms. The topological polar surface area (TPSA) is 81.6 Å². The van der Waals surface area contributed by atoms with Crippen LogP contribution >= 0.6 is 23.2 Å². The van der Waals surface area contributed by atoms with Crippen LogP contribution in [0, 0.1) is 11.8 Å². The van der Waals surface area contributed by atoms with Gasteiger partial charge < -0.3 is 5.11 Å². The summed E-state index contributed by atoms with van der Waals surface area (Å²) in [4.78, 5) is 8.05. The van der Waals surface area contributed by atoms with E-state index in [1.807, 2.05) is 33.9 Å². The van der Waals surface area contributed by atoms with Crippen molar-refractivity contribution in [2.75, 3.05) is 0 Å². The zero-order valence-electron chi connectivity index (χ0n) is 19.3. The third kappa shape index (κ3) is 6.69. The number of halogens is 2. The monoisotopic (exact) mass is 510 g/mol. The molecule has 0 aliphatic heterocycles. The Morgan fingerprint density at radius 3 is 2.14 bits per heavy atom. The lowest BCUT2D eigenvalue weighted by Crippen LogP contribution is -2.02. The third-order valence-corrected chi connectivity index (χ3v) is 6.91. The summed E-state index contributed by atoms with van der Waals surface area (Å²) in [6.07, 6.45) is 16.2. The SMILES string of the molecule is Clc1ncccc1Cc1cnn(CC2CC2)c1.OC(c1cnn(CC2CC2)c1)c1cccnc1Cl. The molecule has 0 spiro atoms. The molecular formula is C26H28Cl2N6O. The molecule has 2 aliphatic carbocycles. The first-order chi connectivity index (χ1) is 17.0. The number of hydrogen-bond donors (Lipinski definition) is 1. The Balaban J connectivity index is 0.000000145. The second-order valence-corrected chi connectivity index (χ2v) is 10.1. The highest BCUT2D eigenvalue weighted by Gasteiger charge is 2.23. The van der Waals surface area contributed by atoms with Gasteiger partial charge in [0.2, 0.25) is 0 Å². The molecule has 35 heavy (non-hydrogen) atoms. The molecule has 9 heteroatoms. The van der Waals surface area contributed by atoms with Crippen LogP contribution in [-0.2, 0) is 19.5 Å². The lowest BCUT2D eigenvalue weighted by Gasteiger charge is -2.09. The molecule has 182 valence electrons. The Kier molecular flexibility index (Phi) is 7.46. The summed E-state index contributed by atoms with van der Waals surface area (Å²) in [5, 5.41) is 19.8. The minimum absolute atomic E-state index is 0.333. The first-order valence-corrected chi connectivity index (χ1v) is 12.7. The number of rotatable bonds is 8. The minimum Gasteiger partial charge on any atom is -0.383 e. The van der Waals surface area contributed by atoms with Crippen LogP contribution in [-0.4, -0.2) is 34.6 Å². The second-order valence-electron chi connectivity index (χ2n) is 9.37. The van der Waals surface area contributed by atoms with E-state index in [0.29, 0.717) is 15.9 Å². The van der Waals surface area contributed by atoms with Crippen molar-refractivity contribution in [3.05, 3.63) is 94.0 Å². The fourth-order valence-electron chi connectivity index (χ4n) is 3.90. The van der Waals surface area contributed by atoms with E-state index in [1.54, 1.807) is 30.7 Å². The van der Waals surface area contributed by atoms with Crippen molar-refractivity contribution in [2.24, 2.45) is 11.8 Å². The largest absolute Gasteiger partial charge is 0.383 e. The van der Waals surface area contributed by atoms with E-state index in [2.05, 4.69) is 26.4 Å². The Bertz CT molecular complexity index is 1260. The van der Waals surface area contributed by atoms with Crippen LogP contribution in [0.5, 0.6) is 0 Å². The summed E-state index contributed by atoms with van der Waals surface area (Å²) in [5.74, 6) is 1.61. The van der Waals surface area contributed by atoms with Gasteiger partial charge in [-0.25, -0.2) is 9.97 Å². The molecule has 2 saturated carbocycles. The number of hydrogen-bond acceptors (Lipinski definition) is 5. The van der Waals surface area contributed by atoms with Gasteiger partial charge in [-0.05, 0) is 60.8 Å². The van der Waals surface area contributed by atoms with Gasteiger partial charge in [0.05, 0.1) is 12.4 Å². The fourth-order valence-corrected chi connectivity index (χ4v) is 4.31. The summed E-state index contributed by atoms with van der Waals surface area (Å²) in [6, 6.07) is 7.46. The van der Waals surface area contributed by atoms with Gasteiger partial charge in [0.15, 0.2) is 0 Å². The molecule has 0 saturated heterocycles. The van der Waals surface area contributed by atoms with Crippen LogP contribution < -0.4 is 0 Å². The third-order valence-electron chi connectivity index (χ3n) is 6.25. The van der Waals surface area contributed by atoms with Crippen LogP contribution in [0.25, 0.3) is 0 Å². The highest BCUT2D eigenvalue weighted by molar-refractivity contribution is 6.30. The predicted octanol–water partition coefficient (Wildman–Crippen LogP) is 5.36. The molecule has 2 aliphatic rings. The number of aliphatic hydroxyl groups is 1. The molecule has 1 unspecified atom stereocenters. The predicted molar refractivity (Wildman–Crippen MR) is 135 cm³/mol. The molecular weight excluding hydrogens is 483 g/mol. The van der Waals surface area contributed by atoms with E-state index in [9.17, 15) is 5.11 Å². The van der Waals surface area contributed by atoms with E-state index in [0.717, 1.165) is 42.5 Å². The maximum atomic E-state index is 10.3. The van der Waals surface area contributed by atoms with E-state index < -0.39 is 6.10 Å². The smallest absolute Gasteiger partial charge is 0.135 e. The molecule has 1 N–H and O–H groups in total. The van der Waals surface area contributed by atoms with Crippen molar-refractivity contribution >= 4 is 23.2 Å². The van der Waals surface area contributed by atoms with Crippen LogP contribution in [0.1, 0.15) is 54.0 Å². The van der Waals surface area contributed by atoms with Gasteiger partial charge in [0, 0.05) is 55.4 Å². The quantitative estimate of drug-likeness (QED) is 0.323. The Hall–Kier alpha value is -2.74. The van der Waals surface area contributed by atoms with E-state index in [1.165, 1.54) is 31.2 Å². The molecule has 0 radical (unpaired) electrons. The van der Waals surface area contributed by atoms with Crippen molar-refractivity contribution < 1.29 is 5.11 Å². The molecule has 2 fully saturated rings. The van der Waals surface area contributed by atoms with E-state index in [4.69, 9.17) is 23.2 Å². The van der Waals surface area contributed by atoms with Gasteiger partial charge in [-0.3, -0.25) is 9.36 Å². The summed E-state index contributed by atoms with van der Waals surface area (Å²) in [6.45, 7) is 1.99. The molecule has 7 nitrogen and oxygen atoms in total. The first kappa shape index (κ1) is 24.0. The summed E-state index contributed by atoms with van der Waals surface area (Å²) in [7, 11) is 0. The molecule has 1 atom stereocenters. The Morgan fingerprint density at radius 1 is 0.857 bits per heavy atom. The molecule has 6 rings (SSSR count). The maximum Gasteiger partial charge on any atom is 0.135 e. The van der Waals surface area contributed by atoms with Crippen LogP contribution in [0.4, 0.5) is 0 Å². The van der Waals surface area contributed by atoms with E-state index >= 15 is 0 Å². The van der Waals surface area contributed by atoms with Crippen molar-refractivity contribution in [2.45, 2.75) is 51.3 Å². The lowest BCUT2D eigenvalue weighted by molar-refractivity contribution is 0.220. The fraction of sp³-hybridized carbons (Fsp3) is 0.385. The summed E-state index contributed by atoms with van der Waals surface area (Å²) >= 11 is 12.0. The van der Waals surface area contributed by atoms with E-state index in [-0.39, 0.29) is 0 Å². The van der Waals surface area contributed by atoms with Crippen molar-refractivity contribution in [1.29, 1.82) is 0 Å². The average Bonchev–Trinajstić information content (AvgIpc) is 3.76. The molecule has 4 aromatic rings. The van der Waals surface area contributed by atoms with Crippen LogP contribution in [0.15, 0.2) is 61.4 Å². The highest BCUT2D eigenvalue weighted by Crippen LogP contribution is 2.32. The van der Waals surface area contributed by atoms with Gasteiger partial charge in [-0.15, -0.1) is 0 Å². The number of pyridine rings is 2. The Morgan fingerprint density at radius 2 is 1.49 bits per heavy atom. The second kappa shape index (κ2) is 10.9. The highest BCUT2D eigenvalue weighted by atomic mass is 35.5. The van der Waals surface area contributed by atoms with Crippen molar-refractivity contribution in [3.8, 4) is 0 Å². The first-order valence-electron chi connectivity index (χ1n) is 12.0. The van der Waals surface area contributed by atoms with Gasteiger partial charge in [-0.2, -0.15) is 10.2 Å². The summed E-state index contributed by atoms with van der Waals surface area (Å²) < 4.78 is 3.93. The van der Waals surface area contributed by atoms with Gasteiger partial charge in [-0.1, -0.05) is 35.3 Å². The Labute approximate surface area is 214 Å². The molecule has 0 aromatic carbocycles. The number of aliphatic hydroxyl groups excluding tert-OH is 1. The molecule has 4 heterocycles. The normalized spacial score (nSPS) is 16.0. The number of nitrogens with zero attached hydrogens (tertiary/aromatic N) is 6. The summed E-state index contributed by atoms with van der Waals surface area (Å²) in [5.41, 5.74) is 3.62. The lowest BCUT2D eigenvalue weighted by atomic mass is 10.1. The zero-order chi connectivity index (χ0) is 24.2. The van der Waals surface area contributed by atoms with Crippen LogP contribution in [0.3, 0.4) is 0 Å². The van der Waals surface area contributed by atoms with Gasteiger partial charge in [0.25, 0.3) is 0 Å². The van der Waals surface area contributed by atoms with Crippen LogP contribution in [0.2, 0.25) is 10.3 Å².